The van der Waals surface area contributed by atoms with Crippen LogP contribution in [-0.2, 0) is 17.8 Å². The van der Waals surface area contributed by atoms with Crippen molar-refractivity contribution in [2.75, 3.05) is 30.8 Å². The lowest BCUT2D eigenvalue weighted by atomic mass is 10.1. The van der Waals surface area contributed by atoms with Crippen LogP contribution in [0.4, 0.5) is 11.5 Å². The maximum atomic E-state index is 13.3. The number of fused-ring (bicyclic) bond motifs is 1. The van der Waals surface area contributed by atoms with E-state index in [9.17, 15) is 14.4 Å². The van der Waals surface area contributed by atoms with Gasteiger partial charge in [-0.2, -0.15) is 0 Å². The molecule has 1 amide bonds. The molecule has 1 unspecified atom stereocenters. The van der Waals surface area contributed by atoms with Gasteiger partial charge in [0.05, 0.1) is 13.1 Å². The Morgan fingerprint density at radius 2 is 1.82 bits per heavy atom. The van der Waals surface area contributed by atoms with Gasteiger partial charge in [-0.05, 0) is 43.5 Å². The molecule has 1 aliphatic rings. The molecular weight excluding hydrogens is 418 g/mol. The number of hydrogen-bond donors (Lipinski definition) is 2. The van der Waals surface area contributed by atoms with Gasteiger partial charge in [0, 0.05) is 12.6 Å². The molecule has 0 radical (unpaired) electrons. The van der Waals surface area contributed by atoms with E-state index in [1.807, 2.05) is 54.4 Å². The lowest BCUT2D eigenvalue weighted by Crippen LogP contribution is -2.45. The number of anilines is 2. The molecule has 3 aromatic rings. The van der Waals surface area contributed by atoms with Crippen molar-refractivity contribution in [1.29, 1.82) is 0 Å². The summed E-state index contributed by atoms with van der Waals surface area (Å²) in [6.45, 7) is 2.36. The van der Waals surface area contributed by atoms with E-state index >= 15 is 0 Å². The second-order valence-electron chi connectivity index (χ2n) is 8.37. The number of rotatable bonds is 7. The highest BCUT2D eigenvalue weighted by atomic mass is 16.2. The minimum absolute atomic E-state index is 0.0123. The molecule has 0 aliphatic heterocycles. The molecule has 8 heteroatoms. The van der Waals surface area contributed by atoms with Crippen molar-refractivity contribution in [2.45, 2.75) is 32.4 Å². The largest absolute Gasteiger partial charge is 0.383 e. The number of likely N-dealkylation sites (N-methyl/N-ethyl adjacent to an activating group) is 2. The minimum atomic E-state index is -0.661. The number of H-pyrrole nitrogens is 1. The molecule has 0 fully saturated rings. The number of aromatic nitrogens is 2. The first-order chi connectivity index (χ1) is 15.9. The second kappa shape index (κ2) is 9.46. The number of aromatic amines is 1. The van der Waals surface area contributed by atoms with Crippen LogP contribution in [0, 0.1) is 0 Å². The molecule has 1 heterocycles. The summed E-state index contributed by atoms with van der Waals surface area (Å²) in [6, 6.07) is 17.8. The van der Waals surface area contributed by atoms with Gasteiger partial charge in [0.2, 0.25) is 5.91 Å². The van der Waals surface area contributed by atoms with E-state index in [1.165, 1.54) is 20.6 Å². The van der Waals surface area contributed by atoms with Gasteiger partial charge in [0.25, 0.3) is 5.56 Å². The third-order valence-electron chi connectivity index (χ3n) is 6.30. The fourth-order valence-corrected chi connectivity index (χ4v) is 4.62. The predicted molar refractivity (Wildman–Crippen MR) is 129 cm³/mol. The highest BCUT2D eigenvalue weighted by molar-refractivity contribution is 5.96. The van der Waals surface area contributed by atoms with E-state index in [2.05, 4.69) is 17.1 Å². The van der Waals surface area contributed by atoms with Gasteiger partial charge in [-0.3, -0.25) is 24.0 Å². The smallest absolute Gasteiger partial charge is 0.330 e. The Balaban J connectivity index is 1.60. The van der Waals surface area contributed by atoms with Crippen LogP contribution in [0.2, 0.25) is 0 Å². The topological polar surface area (TPSA) is 104 Å². The summed E-state index contributed by atoms with van der Waals surface area (Å²) in [5, 5.41) is 0. The van der Waals surface area contributed by atoms with E-state index in [0.717, 1.165) is 18.4 Å². The minimum Gasteiger partial charge on any atom is -0.383 e. The summed E-state index contributed by atoms with van der Waals surface area (Å²) < 4.78 is 1.29. The maximum absolute atomic E-state index is 13.3. The molecule has 4 rings (SSSR count). The Morgan fingerprint density at radius 3 is 2.55 bits per heavy atom. The van der Waals surface area contributed by atoms with E-state index in [4.69, 9.17) is 5.73 Å². The van der Waals surface area contributed by atoms with Gasteiger partial charge in [-0.15, -0.1) is 0 Å². The summed E-state index contributed by atoms with van der Waals surface area (Å²) in [6.07, 6.45) is 1.92. The van der Waals surface area contributed by atoms with Crippen molar-refractivity contribution in [3.8, 4) is 0 Å². The number of amides is 1. The summed E-state index contributed by atoms with van der Waals surface area (Å²) in [7, 11) is 1.92. The highest BCUT2D eigenvalue weighted by Gasteiger charge is 2.29. The van der Waals surface area contributed by atoms with Crippen molar-refractivity contribution >= 4 is 17.4 Å². The predicted octanol–water partition coefficient (Wildman–Crippen LogP) is 2.14. The van der Waals surface area contributed by atoms with Gasteiger partial charge in [-0.1, -0.05) is 54.6 Å². The van der Waals surface area contributed by atoms with Crippen LogP contribution in [0.1, 0.15) is 36.1 Å². The molecule has 0 spiro atoms. The maximum Gasteiger partial charge on any atom is 0.330 e. The number of carbonyl (C=O) groups excluding carboxylic acids is 1. The molecule has 172 valence electrons. The van der Waals surface area contributed by atoms with Crippen LogP contribution < -0.4 is 21.9 Å². The Hall–Kier alpha value is -3.65. The second-order valence-corrected chi connectivity index (χ2v) is 8.37. The summed E-state index contributed by atoms with van der Waals surface area (Å²) >= 11 is 0. The fraction of sp³-hybridized carbons (Fsp3) is 0.320. The zero-order chi connectivity index (χ0) is 23.5. The molecule has 1 aromatic heterocycles. The SMILES string of the molecule is CCN(C(=O)CN(C)C1CCc2ccccc21)c1c(N)n(Cc2ccccc2)c(=O)[nH]c1=O. The van der Waals surface area contributed by atoms with E-state index in [-0.39, 0.29) is 43.1 Å². The van der Waals surface area contributed by atoms with Crippen molar-refractivity contribution in [2.24, 2.45) is 0 Å². The van der Waals surface area contributed by atoms with Gasteiger partial charge < -0.3 is 10.6 Å². The zero-order valence-corrected chi connectivity index (χ0v) is 19.0. The van der Waals surface area contributed by atoms with E-state index < -0.39 is 11.2 Å². The third-order valence-corrected chi connectivity index (χ3v) is 6.30. The average Bonchev–Trinajstić information content (AvgIpc) is 3.24. The zero-order valence-electron chi connectivity index (χ0n) is 19.0. The van der Waals surface area contributed by atoms with Gasteiger partial charge in [0.15, 0.2) is 5.69 Å². The van der Waals surface area contributed by atoms with Crippen LogP contribution in [-0.4, -0.2) is 40.5 Å². The normalized spacial score (nSPS) is 14.9. The van der Waals surface area contributed by atoms with Crippen LogP contribution in [0.15, 0.2) is 64.2 Å². The highest BCUT2D eigenvalue weighted by Crippen LogP contribution is 2.34. The van der Waals surface area contributed by atoms with Crippen molar-refractivity contribution in [3.63, 3.8) is 0 Å². The quantitative estimate of drug-likeness (QED) is 0.577. The van der Waals surface area contributed by atoms with Crippen LogP contribution in [0.25, 0.3) is 0 Å². The number of nitrogens with zero attached hydrogens (tertiary/aromatic N) is 3. The summed E-state index contributed by atoms with van der Waals surface area (Å²) in [4.78, 5) is 44.2. The van der Waals surface area contributed by atoms with Crippen LogP contribution >= 0.6 is 0 Å². The molecule has 0 bridgehead atoms. The van der Waals surface area contributed by atoms with Crippen molar-refractivity contribution < 1.29 is 4.79 Å². The van der Waals surface area contributed by atoms with Crippen molar-refractivity contribution in [3.05, 3.63) is 92.1 Å². The van der Waals surface area contributed by atoms with Gasteiger partial charge >= 0.3 is 5.69 Å². The van der Waals surface area contributed by atoms with Crippen molar-refractivity contribution in [1.82, 2.24) is 14.5 Å². The molecular formula is C25H29N5O3. The number of aryl methyl sites for hydroxylation is 1. The lowest BCUT2D eigenvalue weighted by Gasteiger charge is -2.29. The lowest BCUT2D eigenvalue weighted by molar-refractivity contribution is -0.119. The molecule has 0 saturated heterocycles. The Labute approximate surface area is 192 Å². The number of benzene rings is 2. The number of nitrogens with one attached hydrogen (secondary N) is 1. The average molecular weight is 448 g/mol. The number of nitrogen functional groups attached to an aromatic ring is 1. The number of carbonyl (C=O) groups is 1. The molecule has 1 atom stereocenters. The molecule has 33 heavy (non-hydrogen) atoms. The monoisotopic (exact) mass is 447 g/mol. The van der Waals surface area contributed by atoms with E-state index in [0.29, 0.717) is 0 Å². The standard InChI is InChI=1S/C25H29N5O3/c1-3-29(21(31)16-28(2)20-14-13-18-11-7-8-12-19(18)20)22-23(26)30(25(33)27-24(22)32)15-17-9-5-4-6-10-17/h4-12,20H,3,13-16,26H2,1-2H3,(H,27,32,33). The molecule has 3 N–H and O–H groups in total. The third kappa shape index (κ3) is 4.47. The molecule has 2 aromatic carbocycles. The summed E-state index contributed by atoms with van der Waals surface area (Å²) in [5.74, 6) is -0.261. The first-order valence-corrected chi connectivity index (χ1v) is 11.2. The Bertz CT molecular complexity index is 1270. The van der Waals surface area contributed by atoms with Crippen LogP contribution in [0.3, 0.4) is 0 Å². The molecule has 1 aliphatic carbocycles. The fourth-order valence-electron chi connectivity index (χ4n) is 4.62. The first kappa shape index (κ1) is 22.5. The van der Waals surface area contributed by atoms with E-state index in [1.54, 1.807) is 6.92 Å². The number of nitrogens with two attached hydrogens (primary N) is 1. The Kier molecular flexibility index (Phi) is 6.46. The Morgan fingerprint density at radius 1 is 1.12 bits per heavy atom. The number of hydrogen-bond acceptors (Lipinski definition) is 5. The molecule has 0 saturated carbocycles. The summed E-state index contributed by atoms with van der Waals surface area (Å²) in [5.41, 5.74) is 8.45. The van der Waals surface area contributed by atoms with Gasteiger partial charge in [0.1, 0.15) is 5.82 Å². The van der Waals surface area contributed by atoms with Gasteiger partial charge in [-0.25, -0.2) is 4.79 Å². The first-order valence-electron chi connectivity index (χ1n) is 11.2. The molecule has 8 nitrogen and oxygen atoms in total. The van der Waals surface area contributed by atoms with Crippen LogP contribution in [0.5, 0.6) is 0 Å².